The van der Waals surface area contributed by atoms with Gasteiger partial charge in [-0.05, 0) is 35.7 Å². The zero-order valence-corrected chi connectivity index (χ0v) is 16.8. The molecule has 0 aliphatic carbocycles. The van der Waals surface area contributed by atoms with Gasteiger partial charge >= 0.3 is 0 Å². The van der Waals surface area contributed by atoms with Crippen molar-refractivity contribution in [3.8, 4) is 5.75 Å². The zero-order chi connectivity index (χ0) is 18.5. The Morgan fingerprint density at radius 1 is 1.38 bits per heavy atom. The normalized spacial score (nSPS) is 16.0. The fraction of sp³-hybridized carbons (Fsp3) is 0.111. The molecule has 1 aliphatic heterocycles. The van der Waals surface area contributed by atoms with E-state index in [1.54, 1.807) is 53.7 Å². The average molecular weight is 425 g/mol. The second kappa shape index (κ2) is 8.77. The van der Waals surface area contributed by atoms with Crippen LogP contribution in [-0.2, 0) is 4.79 Å². The highest BCUT2D eigenvalue weighted by atomic mass is 35.5. The number of thioether (sulfide) groups is 1. The molecule has 0 unspecified atom stereocenters. The lowest BCUT2D eigenvalue weighted by molar-refractivity contribution is -0.113. The molecule has 1 aromatic heterocycles. The molecule has 2 aromatic rings. The van der Waals surface area contributed by atoms with Crippen molar-refractivity contribution in [2.75, 3.05) is 17.8 Å². The average Bonchev–Trinajstić information content (AvgIpc) is 3.24. The predicted molar refractivity (Wildman–Crippen MR) is 113 cm³/mol. The van der Waals surface area contributed by atoms with Gasteiger partial charge in [-0.25, -0.2) is 4.99 Å². The molecule has 1 aliphatic rings. The van der Waals surface area contributed by atoms with Gasteiger partial charge in [-0.3, -0.25) is 9.69 Å². The molecule has 0 saturated carbocycles. The molecule has 4 nitrogen and oxygen atoms in total. The van der Waals surface area contributed by atoms with Gasteiger partial charge in [0.25, 0.3) is 5.91 Å². The van der Waals surface area contributed by atoms with Crippen molar-refractivity contribution in [2.24, 2.45) is 4.99 Å². The zero-order valence-electron chi connectivity index (χ0n) is 13.7. The Morgan fingerprint density at radius 2 is 2.23 bits per heavy atom. The summed E-state index contributed by atoms with van der Waals surface area (Å²) < 4.78 is 5.18. The van der Waals surface area contributed by atoms with Crippen LogP contribution < -0.4 is 9.64 Å². The summed E-state index contributed by atoms with van der Waals surface area (Å²) in [4.78, 5) is 20.0. The van der Waals surface area contributed by atoms with Crippen LogP contribution in [0, 0.1) is 0 Å². The van der Waals surface area contributed by atoms with Crippen LogP contribution in [0.1, 0.15) is 4.88 Å². The van der Waals surface area contributed by atoms with Gasteiger partial charge in [-0.1, -0.05) is 47.1 Å². The number of amidine groups is 1. The first kappa shape index (κ1) is 19.0. The Kier molecular flexibility index (Phi) is 6.43. The van der Waals surface area contributed by atoms with Gasteiger partial charge in [0.15, 0.2) is 5.17 Å². The van der Waals surface area contributed by atoms with E-state index in [9.17, 15) is 4.79 Å². The Balaban J connectivity index is 1.97. The van der Waals surface area contributed by atoms with Crippen molar-refractivity contribution in [2.45, 2.75) is 0 Å². The molecule has 1 amide bonds. The minimum atomic E-state index is -0.197. The van der Waals surface area contributed by atoms with Crippen LogP contribution in [-0.4, -0.2) is 23.9 Å². The minimum Gasteiger partial charge on any atom is -0.495 e. The van der Waals surface area contributed by atoms with Gasteiger partial charge in [0, 0.05) is 16.2 Å². The predicted octanol–water partition coefficient (Wildman–Crippen LogP) is 5.64. The first-order valence-electron chi connectivity index (χ1n) is 7.54. The Labute approximate surface area is 169 Å². The first-order valence-corrected chi connectivity index (χ1v) is 10.2. The van der Waals surface area contributed by atoms with Crippen LogP contribution in [0.5, 0.6) is 5.75 Å². The summed E-state index contributed by atoms with van der Waals surface area (Å²) in [5, 5.41) is 2.96. The van der Waals surface area contributed by atoms with Crippen molar-refractivity contribution in [3.05, 3.63) is 62.9 Å². The number of hydrogen-bond donors (Lipinski definition) is 0. The molecular formula is C18H14Cl2N2O2S2. The van der Waals surface area contributed by atoms with E-state index in [-0.39, 0.29) is 5.91 Å². The molecule has 134 valence electrons. The van der Waals surface area contributed by atoms with Gasteiger partial charge in [0.05, 0.1) is 17.8 Å². The van der Waals surface area contributed by atoms with E-state index in [0.29, 0.717) is 33.1 Å². The van der Waals surface area contributed by atoms with Crippen LogP contribution in [0.15, 0.2) is 58.0 Å². The third kappa shape index (κ3) is 4.15. The monoisotopic (exact) mass is 424 g/mol. The summed E-state index contributed by atoms with van der Waals surface area (Å²) in [7, 11) is 1.55. The molecular weight excluding hydrogens is 411 g/mol. The third-order valence-electron chi connectivity index (χ3n) is 3.44. The first-order chi connectivity index (χ1) is 12.6. The molecule has 2 heterocycles. The maximum Gasteiger partial charge on any atom is 0.283 e. The Morgan fingerprint density at radius 3 is 2.88 bits per heavy atom. The fourth-order valence-corrected chi connectivity index (χ4v) is 4.20. The Hall–Kier alpha value is -1.73. The Bertz CT molecular complexity index is 893. The number of amides is 1. The lowest BCUT2D eigenvalue weighted by atomic mass is 10.2. The lowest BCUT2D eigenvalue weighted by Crippen LogP contribution is -2.30. The maximum atomic E-state index is 13.0. The molecule has 0 fully saturated rings. The van der Waals surface area contributed by atoms with E-state index < -0.39 is 0 Å². The summed E-state index contributed by atoms with van der Waals surface area (Å²) in [6.45, 7) is 0. The summed E-state index contributed by atoms with van der Waals surface area (Å²) in [5.74, 6) is 0.951. The fourth-order valence-electron chi connectivity index (χ4n) is 2.28. The highest BCUT2D eigenvalue weighted by molar-refractivity contribution is 8.14. The number of ether oxygens (including phenoxy) is 1. The lowest BCUT2D eigenvalue weighted by Gasteiger charge is -2.18. The van der Waals surface area contributed by atoms with Gasteiger partial charge in [-0.2, -0.15) is 0 Å². The highest BCUT2D eigenvalue weighted by Gasteiger charge is 2.32. The van der Waals surface area contributed by atoms with E-state index in [4.69, 9.17) is 27.9 Å². The summed E-state index contributed by atoms with van der Waals surface area (Å²) in [5.41, 5.74) is 2.47. The van der Waals surface area contributed by atoms with Gasteiger partial charge in [0.1, 0.15) is 11.4 Å². The summed E-state index contributed by atoms with van der Waals surface area (Å²) in [6, 6.07) is 9.08. The van der Waals surface area contributed by atoms with Crippen molar-refractivity contribution >= 4 is 69.1 Å². The summed E-state index contributed by atoms with van der Waals surface area (Å²) in [6.07, 6.45) is 3.58. The quantitative estimate of drug-likeness (QED) is 0.583. The van der Waals surface area contributed by atoms with Crippen LogP contribution in [0.25, 0.3) is 6.08 Å². The number of carbonyl (C=O) groups is 1. The van der Waals surface area contributed by atoms with Crippen LogP contribution in [0.4, 0.5) is 5.69 Å². The van der Waals surface area contributed by atoms with E-state index in [1.165, 1.54) is 17.3 Å². The molecule has 3 rings (SSSR count). The molecule has 0 radical (unpaired) electrons. The van der Waals surface area contributed by atoms with E-state index in [2.05, 4.69) is 4.99 Å². The number of benzene rings is 1. The molecule has 0 spiro atoms. The molecule has 0 N–H and O–H groups in total. The molecule has 26 heavy (non-hydrogen) atoms. The topological polar surface area (TPSA) is 41.9 Å². The second-order valence-electron chi connectivity index (χ2n) is 5.07. The van der Waals surface area contributed by atoms with E-state index in [1.807, 2.05) is 17.5 Å². The number of rotatable bonds is 5. The van der Waals surface area contributed by atoms with Gasteiger partial charge in [-0.15, -0.1) is 11.3 Å². The number of aliphatic imine (C=N–C) groups is 1. The van der Waals surface area contributed by atoms with Gasteiger partial charge < -0.3 is 4.74 Å². The molecule has 1 aromatic carbocycles. The number of anilines is 1. The van der Waals surface area contributed by atoms with Gasteiger partial charge in [0.2, 0.25) is 0 Å². The minimum absolute atomic E-state index is 0.197. The smallest absolute Gasteiger partial charge is 0.283 e. The van der Waals surface area contributed by atoms with Crippen LogP contribution in [0.3, 0.4) is 0 Å². The number of nitrogens with zero attached hydrogens (tertiary/aromatic N) is 2. The second-order valence-corrected chi connectivity index (χ2v) is 7.70. The van der Waals surface area contributed by atoms with Crippen molar-refractivity contribution in [3.63, 3.8) is 0 Å². The van der Waals surface area contributed by atoms with Crippen molar-refractivity contribution in [1.29, 1.82) is 0 Å². The third-order valence-corrected chi connectivity index (χ3v) is 5.63. The number of thiophene rings is 1. The van der Waals surface area contributed by atoms with Crippen LogP contribution in [0.2, 0.25) is 5.02 Å². The molecule has 0 atom stereocenters. The standard InChI is InChI=1S/C18H14Cl2N2O2S2/c1-24-16-6-5-12(10-14(16)20)22-17(23)15(11-13-4-2-8-25-13)21-18(22)26-9-3-7-19/h2-8,10-11H,9H2,1H3. The number of methoxy groups -OCH3 is 1. The summed E-state index contributed by atoms with van der Waals surface area (Å²) >= 11 is 14.8. The van der Waals surface area contributed by atoms with E-state index in [0.717, 1.165) is 4.88 Å². The van der Waals surface area contributed by atoms with Crippen molar-refractivity contribution in [1.82, 2.24) is 0 Å². The molecule has 0 bridgehead atoms. The highest BCUT2D eigenvalue weighted by Crippen LogP contribution is 2.34. The van der Waals surface area contributed by atoms with Crippen LogP contribution >= 0.6 is 46.3 Å². The SMILES string of the molecule is COc1ccc(N2C(=O)C(=Cc3cccs3)N=C2SCC=CCl)cc1Cl. The number of hydrogen-bond acceptors (Lipinski definition) is 5. The number of halogens is 2. The molecule has 8 heteroatoms. The largest absolute Gasteiger partial charge is 0.495 e. The van der Waals surface area contributed by atoms with Crippen molar-refractivity contribution < 1.29 is 9.53 Å². The van der Waals surface area contributed by atoms with E-state index >= 15 is 0 Å². The maximum absolute atomic E-state index is 13.0. The number of carbonyl (C=O) groups excluding carboxylic acids is 1. The molecule has 0 saturated heterocycles.